The molecule has 344 valence electrons. The normalized spacial score (nSPS) is 11.7. The molecule has 1 aliphatic heterocycles. The third-order valence-electron chi connectivity index (χ3n) is 10.6. The zero-order chi connectivity index (χ0) is 47.4. The molecular formula is C46H35N13O10. The number of nitrogens with one attached hydrogen (secondary N) is 6. The zero-order valence-electron chi connectivity index (χ0n) is 35.7. The van der Waals surface area contributed by atoms with Crippen LogP contribution in [0.3, 0.4) is 0 Å². The van der Waals surface area contributed by atoms with Gasteiger partial charge in [-0.3, -0.25) is 34.1 Å². The average Bonchev–Trinajstić information content (AvgIpc) is 4.23. The molecular weight excluding hydrogens is 895 g/mol. The highest BCUT2D eigenvalue weighted by atomic mass is 16.7. The first-order valence-corrected chi connectivity index (χ1v) is 20.9. The molecule has 10 aromatic rings. The van der Waals surface area contributed by atoms with Gasteiger partial charge in [-0.1, -0.05) is 24.3 Å². The van der Waals surface area contributed by atoms with Gasteiger partial charge in [0.25, 0.3) is 23.6 Å². The number of hydrogen-bond acceptors (Lipinski definition) is 15. The minimum Gasteiger partial charge on any atom is -0.454 e. The lowest BCUT2D eigenvalue weighted by Crippen LogP contribution is -2.28. The largest absolute Gasteiger partial charge is 0.454 e. The molecule has 8 heterocycles. The fourth-order valence-electron chi connectivity index (χ4n) is 7.25. The van der Waals surface area contributed by atoms with Crippen LogP contribution in [-0.2, 0) is 26.2 Å². The van der Waals surface area contributed by atoms with Gasteiger partial charge in [0, 0.05) is 62.8 Å². The molecule has 69 heavy (non-hydrogen) atoms. The molecule has 23 nitrogen and oxygen atoms in total. The molecule has 0 unspecified atom stereocenters. The molecule has 3 aromatic carbocycles. The molecule has 0 saturated carbocycles. The Labute approximate surface area is 385 Å². The molecule has 0 atom stereocenters. The second-order valence-electron chi connectivity index (χ2n) is 15.2. The summed E-state index contributed by atoms with van der Waals surface area (Å²) in [6.45, 7) is 1.05. The van der Waals surface area contributed by atoms with Crippen molar-refractivity contribution in [3.8, 4) is 11.5 Å². The number of carbonyl (C=O) groups excluding carboxylic acids is 4. The summed E-state index contributed by atoms with van der Waals surface area (Å²) in [5.41, 5.74) is 6.31. The number of benzene rings is 3. The number of carbonyl (C=O) groups is 4. The van der Waals surface area contributed by atoms with Crippen LogP contribution in [0, 0.1) is 0 Å². The smallest absolute Gasteiger partial charge is 0.417 e. The Bertz CT molecular complexity index is 3720. The van der Waals surface area contributed by atoms with E-state index in [1.54, 1.807) is 79.1 Å². The van der Waals surface area contributed by atoms with Gasteiger partial charge in [-0.25, -0.2) is 28.6 Å². The number of H-pyrrole nitrogens is 2. The molecule has 0 saturated heterocycles. The summed E-state index contributed by atoms with van der Waals surface area (Å²) in [6, 6.07) is 25.2. The van der Waals surface area contributed by atoms with E-state index in [1.807, 2.05) is 12.1 Å². The molecule has 4 amide bonds. The van der Waals surface area contributed by atoms with Crippen LogP contribution in [0.1, 0.15) is 64.2 Å². The van der Waals surface area contributed by atoms with Crippen LogP contribution in [0.25, 0.3) is 33.5 Å². The maximum atomic E-state index is 13.0. The highest BCUT2D eigenvalue weighted by Gasteiger charge is 2.20. The van der Waals surface area contributed by atoms with Crippen LogP contribution in [0.15, 0.2) is 134 Å². The molecule has 0 spiro atoms. The lowest BCUT2D eigenvalue weighted by molar-refractivity contribution is 0.0927. The van der Waals surface area contributed by atoms with Gasteiger partial charge >= 0.3 is 11.5 Å². The summed E-state index contributed by atoms with van der Waals surface area (Å²) < 4.78 is 23.4. The Kier molecular flexibility index (Phi) is 11.5. The van der Waals surface area contributed by atoms with Gasteiger partial charge < -0.3 is 39.6 Å². The zero-order valence-corrected chi connectivity index (χ0v) is 35.7. The van der Waals surface area contributed by atoms with Crippen LogP contribution < -0.4 is 42.3 Å². The number of fused-ring (bicyclic) bond motifs is 5. The summed E-state index contributed by atoms with van der Waals surface area (Å²) in [6.07, 6.45) is 6.31. The summed E-state index contributed by atoms with van der Waals surface area (Å²) in [4.78, 5) is 91.9. The quantitative estimate of drug-likeness (QED) is 0.103. The number of amides is 4. The summed E-state index contributed by atoms with van der Waals surface area (Å²) in [5, 5.41) is 19.5. The van der Waals surface area contributed by atoms with E-state index in [-0.39, 0.29) is 55.7 Å². The van der Waals surface area contributed by atoms with E-state index in [9.17, 15) is 28.8 Å². The van der Waals surface area contributed by atoms with Gasteiger partial charge in [-0.05, 0) is 64.7 Å². The first-order valence-electron chi connectivity index (χ1n) is 20.9. The number of oxazole rings is 2. The highest BCUT2D eigenvalue weighted by molar-refractivity contribution is 5.99. The predicted molar refractivity (Wildman–Crippen MR) is 241 cm³/mol. The van der Waals surface area contributed by atoms with Gasteiger partial charge in [0.05, 0.1) is 23.4 Å². The fourth-order valence-corrected chi connectivity index (χ4v) is 7.25. The number of ether oxygens (including phenoxy) is 2. The summed E-state index contributed by atoms with van der Waals surface area (Å²) >= 11 is 0. The third kappa shape index (κ3) is 9.44. The molecule has 23 heteroatoms. The third-order valence-corrected chi connectivity index (χ3v) is 10.6. The Morgan fingerprint density at radius 2 is 1.03 bits per heavy atom. The SMILES string of the molecule is O=C(NCc1ccc2oc(=O)[nH]c2c1)c1cc(C(=O)NCc2ccc3c(c2)OCO3)n2nccc2n1.O=C(NCc1ccc2oc(=O)[nH]c2c1)c1cc(C(=O)NCc2cccnc2)n2nccc2n1. The molecule has 1 aliphatic rings. The Hall–Kier alpha value is -9.93. The number of nitrogens with zero attached hydrogens (tertiary/aromatic N) is 7. The first-order chi connectivity index (χ1) is 33.6. The van der Waals surface area contributed by atoms with Gasteiger partial charge in [0.1, 0.15) is 22.8 Å². The van der Waals surface area contributed by atoms with Crippen molar-refractivity contribution < 1.29 is 37.5 Å². The number of pyridine rings is 1. The standard InChI is InChI=1S/C24H18N6O6.C22H17N7O4/c31-22(25-10-13-1-3-18-15(7-13)29-24(33)36-18)16-9-17(30-21(28-16)5-6-27-30)23(32)26-11-14-2-4-19-20(8-14)35-12-34-19;30-20(24-11-13-3-4-18-15(8-13)28-22(32)33-18)16-9-17(29-19(27-16)5-7-26-29)21(31)25-12-14-2-1-6-23-10-14/h1-9H,10-12H2,(H,25,31)(H,26,32)(H,29,33);1-10H,11-12H2,(H,24,30)(H,25,31)(H,28,32). The number of aromatic amines is 2. The fraction of sp³-hybridized carbons (Fsp3) is 0.109. The minimum absolute atomic E-state index is 0.0639. The Balaban J connectivity index is 0.000000161. The predicted octanol–water partition coefficient (Wildman–Crippen LogP) is 3.17. The first kappa shape index (κ1) is 43.0. The Morgan fingerprint density at radius 3 is 1.57 bits per heavy atom. The van der Waals surface area contributed by atoms with Crippen molar-refractivity contribution in [3.63, 3.8) is 0 Å². The lowest BCUT2D eigenvalue weighted by Gasteiger charge is -2.10. The molecule has 0 fully saturated rings. The van der Waals surface area contributed by atoms with Crippen LogP contribution in [-0.4, -0.2) is 74.6 Å². The molecule has 11 rings (SSSR count). The van der Waals surface area contributed by atoms with Crippen molar-refractivity contribution in [2.24, 2.45) is 0 Å². The van der Waals surface area contributed by atoms with E-state index >= 15 is 0 Å². The van der Waals surface area contributed by atoms with Gasteiger partial charge in [0.15, 0.2) is 34.0 Å². The van der Waals surface area contributed by atoms with E-state index in [0.717, 1.165) is 22.3 Å². The van der Waals surface area contributed by atoms with E-state index in [0.29, 0.717) is 45.0 Å². The van der Waals surface area contributed by atoms with Crippen molar-refractivity contribution in [1.82, 2.24) is 65.4 Å². The maximum absolute atomic E-state index is 13.0. The van der Waals surface area contributed by atoms with E-state index < -0.39 is 35.1 Å². The van der Waals surface area contributed by atoms with Crippen LogP contribution in [0.4, 0.5) is 0 Å². The van der Waals surface area contributed by atoms with E-state index in [2.05, 4.69) is 56.4 Å². The van der Waals surface area contributed by atoms with Gasteiger partial charge in [-0.2, -0.15) is 10.2 Å². The number of aromatic nitrogens is 9. The Morgan fingerprint density at radius 1 is 0.536 bits per heavy atom. The van der Waals surface area contributed by atoms with Crippen molar-refractivity contribution in [2.75, 3.05) is 6.79 Å². The van der Waals surface area contributed by atoms with Gasteiger partial charge in [-0.15, -0.1) is 0 Å². The summed E-state index contributed by atoms with van der Waals surface area (Å²) in [7, 11) is 0. The van der Waals surface area contributed by atoms with E-state index in [4.69, 9.17) is 18.3 Å². The molecule has 0 radical (unpaired) electrons. The topological polar surface area (TPSA) is 300 Å². The van der Waals surface area contributed by atoms with Crippen molar-refractivity contribution in [3.05, 3.63) is 182 Å². The minimum atomic E-state index is -0.547. The molecule has 0 bridgehead atoms. The van der Waals surface area contributed by atoms with Crippen molar-refractivity contribution in [2.45, 2.75) is 26.2 Å². The monoisotopic (exact) mass is 929 g/mol. The highest BCUT2D eigenvalue weighted by Crippen LogP contribution is 2.32. The van der Waals surface area contributed by atoms with Crippen molar-refractivity contribution in [1.29, 1.82) is 0 Å². The van der Waals surface area contributed by atoms with Crippen molar-refractivity contribution >= 4 is 57.1 Å². The summed E-state index contributed by atoms with van der Waals surface area (Å²) in [5.74, 6) is -1.56. The van der Waals surface area contributed by atoms with Gasteiger partial charge in [0.2, 0.25) is 6.79 Å². The number of hydrogen-bond donors (Lipinski definition) is 6. The lowest BCUT2D eigenvalue weighted by atomic mass is 10.2. The maximum Gasteiger partial charge on any atom is 0.417 e. The molecule has 0 aliphatic carbocycles. The number of rotatable bonds is 12. The second kappa shape index (κ2) is 18.5. The van der Waals surface area contributed by atoms with Crippen LogP contribution in [0.2, 0.25) is 0 Å². The molecule has 6 N–H and O–H groups in total. The van der Waals surface area contributed by atoms with Crippen LogP contribution >= 0.6 is 0 Å². The molecule has 7 aromatic heterocycles. The second-order valence-corrected chi connectivity index (χ2v) is 15.2. The van der Waals surface area contributed by atoms with E-state index in [1.165, 1.54) is 33.6 Å². The van der Waals surface area contributed by atoms with Crippen LogP contribution in [0.5, 0.6) is 11.5 Å². The average molecular weight is 930 g/mol.